The van der Waals surface area contributed by atoms with Crippen LogP contribution in [0.2, 0.25) is 0 Å². The average molecular weight is 357 g/mol. The summed E-state index contributed by atoms with van der Waals surface area (Å²) in [6, 6.07) is 11.7. The number of aliphatic hydroxyl groups is 1. The molecule has 2 aliphatic rings. The number of ether oxygens (including phenoxy) is 1. The van der Waals surface area contributed by atoms with Crippen molar-refractivity contribution in [1.82, 2.24) is 4.90 Å². The minimum Gasteiger partial charge on any atom is -0.504 e. The molecule has 0 spiro atoms. The van der Waals surface area contributed by atoms with Crippen molar-refractivity contribution in [3.63, 3.8) is 0 Å². The van der Waals surface area contributed by atoms with Crippen molar-refractivity contribution in [3.8, 4) is 11.5 Å². The van der Waals surface area contributed by atoms with Crippen molar-refractivity contribution < 1.29 is 19.3 Å². The zero-order valence-corrected chi connectivity index (χ0v) is 14.9. The number of nitrogens with zero attached hydrogens (tertiary/aromatic N) is 1. The zero-order valence-electron chi connectivity index (χ0n) is 14.9. The Kier molecular flexibility index (Phi) is 4.37. The predicted octanol–water partition coefficient (Wildman–Crippen LogP) is 3.27. The Morgan fingerprint density at radius 2 is 1.96 bits per heavy atom. The second kappa shape index (κ2) is 6.56. The number of phenols is 1. The lowest BCUT2D eigenvalue weighted by molar-refractivity contribution is -0.00688. The van der Waals surface area contributed by atoms with Crippen LogP contribution in [-0.2, 0) is 12.1 Å². The summed E-state index contributed by atoms with van der Waals surface area (Å²) >= 11 is 0. The third-order valence-electron chi connectivity index (χ3n) is 6.02. The highest BCUT2D eigenvalue weighted by Gasteiger charge is 2.52. The van der Waals surface area contributed by atoms with Gasteiger partial charge in [0.05, 0.1) is 12.7 Å². The fourth-order valence-electron chi connectivity index (χ4n) is 4.70. The fourth-order valence-corrected chi connectivity index (χ4v) is 4.70. The van der Waals surface area contributed by atoms with Crippen LogP contribution in [0.5, 0.6) is 11.5 Å². The standard InChI is InChI=1S/C21H24FNO3/c1-26-20-7-2-14(10-19(20)24)11-23-12-15-8-9-21(25,18(15)13-23)16-3-5-17(22)6-4-16/h2-7,10,15,18,24-25H,8-9,11-13H2,1H3. The van der Waals surface area contributed by atoms with E-state index in [1.165, 1.54) is 19.2 Å². The minimum absolute atomic E-state index is 0.146. The maximum absolute atomic E-state index is 13.2. The number of hydrogen-bond donors (Lipinski definition) is 2. The molecule has 0 aromatic heterocycles. The number of likely N-dealkylation sites (tertiary alicyclic amines) is 1. The molecule has 2 fully saturated rings. The molecule has 1 saturated carbocycles. The van der Waals surface area contributed by atoms with E-state index in [1.807, 2.05) is 6.07 Å². The lowest BCUT2D eigenvalue weighted by atomic mass is 9.82. The van der Waals surface area contributed by atoms with Gasteiger partial charge in [-0.05, 0) is 54.2 Å². The number of methoxy groups -OCH3 is 1. The molecule has 0 amide bonds. The van der Waals surface area contributed by atoms with Crippen molar-refractivity contribution >= 4 is 0 Å². The number of fused-ring (bicyclic) bond motifs is 1. The Morgan fingerprint density at radius 1 is 1.19 bits per heavy atom. The van der Waals surface area contributed by atoms with E-state index >= 15 is 0 Å². The maximum atomic E-state index is 13.2. The molecule has 1 saturated heterocycles. The molecule has 5 heteroatoms. The van der Waals surface area contributed by atoms with Crippen molar-refractivity contribution in [2.75, 3.05) is 20.2 Å². The van der Waals surface area contributed by atoms with Gasteiger partial charge in [0.15, 0.2) is 11.5 Å². The monoisotopic (exact) mass is 357 g/mol. The van der Waals surface area contributed by atoms with Gasteiger partial charge in [0.25, 0.3) is 0 Å². The summed E-state index contributed by atoms with van der Waals surface area (Å²) in [5.74, 6) is 0.931. The van der Waals surface area contributed by atoms with Gasteiger partial charge in [-0.15, -0.1) is 0 Å². The van der Waals surface area contributed by atoms with Crippen LogP contribution in [0.25, 0.3) is 0 Å². The molecule has 1 aliphatic carbocycles. The quantitative estimate of drug-likeness (QED) is 0.882. The van der Waals surface area contributed by atoms with Crippen LogP contribution in [0.4, 0.5) is 4.39 Å². The van der Waals surface area contributed by atoms with E-state index in [-0.39, 0.29) is 17.5 Å². The molecule has 2 N–H and O–H groups in total. The van der Waals surface area contributed by atoms with Gasteiger partial charge in [-0.1, -0.05) is 18.2 Å². The minimum atomic E-state index is -0.880. The van der Waals surface area contributed by atoms with Crippen molar-refractivity contribution in [2.45, 2.75) is 25.0 Å². The van der Waals surface area contributed by atoms with Gasteiger partial charge in [0, 0.05) is 25.6 Å². The molecule has 3 unspecified atom stereocenters. The third-order valence-corrected chi connectivity index (χ3v) is 6.02. The lowest BCUT2D eigenvalue weighted by Crippen LogP contribution is -2.34. The number of halogens is 1. The van der Waals surface area contributed by atoms with E-state index in [2.05, 4.69) is 4.90 Å². The van der Waals surface area contributed by atoms with Gasteiger partial charge in [-0.25, -0.2) is 4.39 Å². The summed E-state index contributed by atoms with van der Waals surface area (Å²) < 4.78 is 18.3. The highest BCUT2D eigenvalue weighted by molar-refractivity contribution is 5.41. The maximum Gasteiger partial charge on any atom is 0.160 e. The second-order valence-corrected chi connectivity index (χ2v) is 7.54. The molecular formula is C21H24FNO3. The molecule has 3 atom stereocenters. The molecule has 2 aromatic carbocycles. The first kappa shape index (κ1) is 17.3. The van der Waals surface area contributed by atoms with Crippen molar-refractivity contribution in [3.05, 3.63) is 59.4 Å². The first-order chi connectivity index (χ1) is 12.5. The van der Waals surface area contributed by atoms with Crippen LogP contribution in [0.15, 0.2) is 42.5 Å². The van der Waals surface area contributed by atoms with Crippen LogP contribution >= 0.6 is 0 Å². The number of benzene rings is 2. The average Bonchev–Trinajstić information content (AvgIpc) is 3.16. The molecule has 1 aliphatic heterocycles. The smallest absolute Gasteiger partial charge is 0.160 e. The molecule has 2 aromatic rings. The Bertz CT molecular complexity index is 794. The Morgan fingerprint density at radius 3 is 2.65 bits per heavy atom. The first-order valence-electron chi connectivity index (χ1n) is 9.06. The summed E-state index contributed by atoms with van der Waals surface area (Å²) in [4.78, 5) is 2.32. The van der Waals surface area contributed by atoms with E-state index in [1.54, 1.807) is 24.3 Å². The van der Waals surface area contributed by atoms with E-state index in [4.69, 9.17) is 4.74 Å². The van der Waals surface area contributed by atoms with E-state index < -0.39 is 5.60 Å². The highest BCUT2D eigenvalue weighted by Crippen LogP contribution is 2.50. The van der Waals surface area contributed by atoms with E-state index in [0.717, 1.165) is 43.6 Å². The normalized spacial score (nSPS) is 28.3. The first-order valence-corrected chi connectivity index (χ1v) is 9.06. The SMILES string of the molecule is COc1ccc(CN2CC3CCC(O)(c4ccc(F)cc4)C3C2)cc1O. The van der Waals surface area contributed by atoms with Gasteiger partial charge in [-0.2, -0.15) is 0 Å². The van der Waals surface area contributed by atoms with Gasteiger partial charge in [0.2, 0.25) is 0 Å². The summed E-state index contributed by atoms with van der Waals surface area (Å²) in [6.07, 6.45) is 1.70. The summed E-state index contributed by atoms with van der Waals surface area (Å²) in [5.41, 5.74) is 0.957. The number of phenolic OH excluding ortho intramolecular Hbond substituents is 1. The third kappa shape index (κ3) is 2.95. The topological polar surface area (TPSA) is 52.9 Å². The lowest BCUT2D eigenvalue weighted by Gasteiger charge is -2.31. The van der Waals surface area contributed by atoms with Crippen molar-refractivity contribution in [1.29, 1.82) is 0 Å². The molecule has 4 rings (SSSR count). The van der Waals surface area contributed by atoms with Gasteiger partial charge in [-0.3, -0.25) is 4.90 Å². The largest absolute Gasteiger partial charge is 0.504 e. The Balaban J connectivity index is 1.49. The second-order valence-electron chi connectivity index (χ2n) is 7.54. The summed E-state index contributed by atoms with van der Waals surface area (Å²) in [7, 11) is 1.53. The van der Waals surface area contributed by atoms with Crippen LogP contribution in [-0.4, -0.2) is 35.3 Å². The molecule has 138 valence electrons. The molecule has 4 nitrogen and oxygen atoms in total. The molecular weight excluding hydrogens is 333 g/mol. The van der Waals surface area contributed by atoms with Crippen LogP contribution in [0, 0.1) is 17.7 Å². The summed E-state index contributed by atoms with van der Waals surface area (Å²) in [6.45, 7) is 2.45. The number of aromatic hydroxyl groups is 1. The van der Waals surface area contributed by atoms with Crippen LogP contribution in [0.3, 0.4) is 0 Å². The van der Waals surface area contributed by atoms with Crippen LogP contribution in [0.1, 0.15) is 24.0 Å². The molecule has 0 radical (unpaired) electrons. The van der Waals surface area contributed by atoms with E-state index in [0.29, 0.717) is 11.7 Å². The number of rotatable bonds is 4. The van der Waals surface area contributed by atoms with Gasteiger partial charge < -0.3 is 14.9 Å². The van der Waals surface area contributed by atoms with Crippen molar-refractivity contribution in [2.24, 2.45) is 11.8 Å². The molecule has 1 heterocycles. The molecule has 0 bridgehead atoms. The Hall–Kier alpha value is -2.11. The zero-order chi connectivity index (χ0) is 18.3. The summed E-state index contributed by atoms with van der Waals surface area (Å²) in [5, 5.41) is 21.3. The van der Waals surface area contributed by atoms with Crippen LogP contribution < -0.4 is 4.74 Å². The fraction of sp³-hybridized carbons (Fsp3) is 0.429. The highest BCUT2D eigenvalue weighted by atomic mass is 19.1. The predicted molar refractivity (Wildman–Crippen MR) is 96.4 cm³/mol. The van der Waals surface area contributed by atoms with Gasteiger partial charge >= 0.3 is 0 Å². The van der Waals surface area contributed by atoms with Gasteiger partial charge in [0.1, 0.15) is 5.82 Å². The Labute approximate surface area is 152 Å². The van der Waals surface area contributed by atoms with E-state index in [9.17, 15) is 14.6 Å². The number of hydrogen-bond acceptors (Lipinski definition) is 4. The molecule has 26 heavy (non-hydrogen) atoms.